The second-order valence-electron chi connectivity index (χ2n) is 8.04. The minimum Gasteiger partial charge on any atom is -0.463 e. The quantitative estimate of drug-likeness (QED) is 0.602. The molecule has 3 atom stereocenters. The number of nitrogens with one attached hydrogen (secondary N) is 1. The van der Waals surface area contributed by atoms with Crippen LogP contribution in [0.5, 0.6) is 5.88 Å². The molecule has 0 spiro atoms. The highest BCUT2D eigenvalue weighted by Gasteiger charge is 2.67. The summed E-state index contributed by atoms with van der Waals surface area (Å²) in [7, 11) is 1.80. The zero-order chi connectivity index (χ0) is 23.8. The van der Waals surface area contributed by atoms with Crippen LogP contribution in [0.3, 0.4) is 0 Å². The molecule has 1 aromatic carbocycles. The molecule has 3 N–H and O–H groups in total. The van der Waals surface area contributed by atoms with Gasteiger partial charge >= 0.3 is 0 Å². The van der Waals surface area contributed by atoms with Crippen molar-refractivity contribution < 1.29 is 13.5 Å². The van der Waals surface area contributed by atoms with Gasteiger partial charge in [-0.25, -0.2) is 18.7 Å². The summed E-state index contributed by atoms with van der Waals surface area (Å²) < 4.78 is 34.7. The van der Waals surface area contributed by atoms with Crippen LogP contribution in [0.1, 0.15) is 30.2 Å². The lowest BCUT2D eigenvalue weighted by atomic mass is 9.84. The minimum atomic E-state index is -0.907. The number of ether oxygens (including phenoxy) is 1. The number of rotatable bonds is 7. The number of hydrogen-bond acceptors (Lipinski definition) is 7. The van der Waals surface area contributed by atoms with Crippen molar-refractivity contribution in [2.24, 2.45) is 16.6 Å². The first-order valence-electron chi connectivity index (χ1n) is 10.2. The molecule has 6 nitrogen and oxygen atoms in total. The fourth-order valence-corrected chi connectivity index (χ4v) is 5.71. The maximum atomic E-state index is 15.0. The van der Waals surface area contributed by atoms with Crippen LogP contribution in [0.4, 0.5) is 8.78 Å². The van der Waals surface area contributed by atoms with E-state index in [0.717, 1.165) is 12.1 Å². The van der Waals surface area contributed by atoms with E-state index in [1.54, 1.807) is 13.1 Å². The van der Waals surface area contributed by atoms with Crippen molar-refractivity contribution in [3.8, 4) is 18.2 Å². The summed E-state index contributed by atoms with van der Waals surface area (Å²) in [6, 6.07) is 4.41. The molecule has 0 amide bonds. The molecule has 33 heavy (non-hydrogen) atoms. The Morgan fingerprint density at radius 1 is 1.45 bits per heavy atom. The minimum absolute atomic E-state index is 0.00208. The number of halogens is 2. The number of nitrogens with two attached hydrogens (primary N) is 1. The molecule has 1 aliphatic carbocycles. The number of fused-ring (bicyclic) bond motifs is 1. The summed E-state index contributed by atoms with van der Waals surface area (Å²) in [5.74, 6) is 1.46. The molecule has 2 aliphatic rings. The number of nitrogens with zero attached hydrogens (tertiary/aromatic N) is 3. The van der Waals surface area contributed by atoms with Crippen molar-refractivity contribution in [3.63, 3.8) is 0 Å². The molecule has 1 saturated carbocycles. The van der Waals surface area contributed by atoms with Crippen LogP contribution in [0.2, 0.25) is 0 Å². The predicted molar refractivity (Wildman–Crippen MR) is 127 cm³/mol. The average Bonchev–Trinajstić information content (AvgIpc) is 3.55. The smallest absolute Gasteiger partial charge is 0.233 e. The molecule has 1 aliphatic heterocycles. The standard InChI is InChI=1S/C24H23F2N5OS/c1-5-8-32-21-13-29-19(12-30-21)18(26)10-15-6-7-17(25)16(9-15)23(3)20-11-24(20,14(2)28-4)33-22(27)31-23/h1,6-7,9-10,12-13,20,28H,2,8,11H2,3-4H3,(H2,27,31)/b18-10-/t20-,23+,24+/m0/s1. The third-order valence-corrected chi connectivity index (χ3v) is 7.40. The van der Waals surface area contributed by atoms with Gasteiger partial charge in [-0.05, 0) is 37.1 Å². The highest BCUT2D eigenvalue weighted by Crippen LogP contribution is 2.68. The Balaban J connectivity index is 1.65. The molecule has 2 heterocycles. The highest BCUT2D eigenvalue weighted by atomic mass is 32.2. The van der Waals surface area contributed by atoms with E-state index in [1.165, 1.54) is 42.4 Å². The summed E-state index contributed by atoms with van der Waals surface area (Å²) in [6.45, 7) is 6.01. The van der Waals surface area contributed by atoms with E-state index in [2.05, 4.69) is 32.8 Å². The van der Waals surface area contributed by atoms with Gasteiger partial charge in [0.2, 0.25) is 5.88 Å². The van der Waals surface area contributed by atoms with E-state index in [0.29, 0.717) is 16.3 Å². The van der Waals surface area contributed by atoms with Crippen LogP contribution in [0, 0.1) is 24.1 Å². The van der Waals surface area contributed by atoms with Gasteiger partial charge in [0.15, 0.2) is 17.6 Å². The molecule has 0 saturated heterocycles. The van der Waals surface area contributed by atoms with E-state index in [9.17, 15) is 4.39 Å². The van der Waals surface area contributed by atoms with Crippen molar-refractivity contribution in [2.75, 3.05) is 13.7 Å². The molecule has 0 bridgehead atoms. The summed E-state index contributed by atoms with van der Waals surface area (Å²) in [6.07, 6.45) is 9.70. The van der Waals surface area contributed by atoms with E-state index in [4.69, 9.17) is 16.9 Å². The third-order valence-electron chi connectivity index (χ3n) is 6.04. The van der Waals surface area contributed by atoms with Crippen LogP contribution >= 0.6 is 11.8 Å². The Labute approximate surface area is 195 Å². The van der Waals surface area contributed by atoms with E-state index in [1.807, 2.05) is 6.92 Å². The molecule has 0 unspecified atom stereocenters. The van der Waals surface area contributed by atoms with Gasteiger partial charge < -0.3 is 15.8 Å². The Hall–Kier alpha value is -3.38. The van der Waals surface area contributed by atoms with Crippen LogP contribution in [0.15, 0.2) is 47.9 Å². The van der Waals surface area contributed by atoms with E-state index < -0.39 is 17.2 Å². The SMILES string of the molecule is C#CCOc1cnc(/C(F)=C/c2ccc(F)c([C@@]3(C)N=C(N)S[C@@]4(C(=C)NC)C[C@H]43)c2)cn1. The van der Waals surface area contributed by atoms with Crippen molar-refractivity contribution in [1.82, 2.24) is 15.3 Å². The van der Waals surface area contributed by atoms with Crippen molar-refractivity contribution in [2.45, 2.75) is 23.6 Å². The number of terminal acetylenes is 1. The monoisotopic (exact) mass is 467 g/mol. The number of aromatic nitrogens is 2. The maximum absolute atomic E-state index is 15.0. The topological polar surface area (TPSA) is 85.4 Å². The lowest BCUT2D eigenvalue weighted by molar-refractivity contribution is 0.353. The highest BCUT2D eigenvalue weighted by molar-refractivity contribution is 8.15. The summed E-state index contributed by atoms with van der Waals surface area (Å²) in [5, 5.41) is 3.47. The van der Waals surface area contributed by atoms with Gasteiger partial charge in [0.05, 0.1) is 22.7 Å². The Kier molecular flexibility index (Phi) is 5.89. The largest absolute Gasteiger partial charge is 0.463 e. The molecule has 4 rings (SSSR count). The molecular formula is C24H23F2N5OS. The van der Waals surface area contributed by atoms with Gasteiger partial charge in [-0.15, -0.1) is 6.42 Å². The molecule has 1 aromatic heterocycles. The summed E-state index contributed by atoms with van der Waals surface area (Å²) in [5.41, 5.74) is 6.90. The number of hydrogen-bond donors (Lipinski definition) is 2. The zero-order valence-electron chi connectivity index (χ0n) is 18.2. The van der Waals surface area contributed by atoms with Crippen LogP contribution in [-0.4, -0.2) is 33.5 Å². The number of benzene rings is 1. The second-order valence-corrected chi connectivity index (χ2v) is 9.39. The predicted octanol–water partition coefficient (Wildman–Crippen LogP) is 3.86. The number of thioether (sulfide) groups is 1. The number of amidine groups is 1. The van der Waals surface area contributed by atoms with Gasteiger partial charge in [0.25, 0.3) is 0 Å². The lowest BCUT2D eigenvalue weighted by Crippen LogP contribution is -2.38. The Bertz CT molecular complexity index is 1210. The summed E-state index contributed by atoms with van der Waals surface area (Å²) >= 11 is 1.45. The molecule has 9 heteroatoms. The van der Waals surface area contributed by atoms with Crippen molar-refractivity contribution >= 4 is 28.8 Å². The Morgan fingerprint density at radius 2 is 2.24 bits per heavy atom. The van der Waals surface area contributed by atoms with Gasteiger partial charge in [-0.1, -0.05) is 30.3 Å². The van der Waals surface area contributed by atoms with Gasteiger partial charge in [-0.3, -0.25) is 4.99 Å². The maximum Gasteiger partial charge on any atom is 0.233 e. The lowest BCUT2D eigenvalue weighted by Gasteiger charge is -2.35. The number of aliphatic imine (C=N–C) groups is 1. The molecule has 0 radical (unpaired) electrons. The third kappa shape index (κ3) is 4.07. The van der Waals surface area contributed by atoms with Crippen molar-refractivity contribution in [3.05, 3.63) is 65.5 Å². The fraction of sp³-hybridized carbons (Fsp3) is 0.292. The average molecular weight is 468 g/mol. The summed E-state index contributed by atoms with van der Waals surface area (Å²) in [4.78, 5) is 12.6. The van der Waals surface area contributed by atoms with Crippen LogP contribution in [-0.2, 0) is 5.54 Å². The van der Waals surface area contributed by atoms with Gasteiger partial charge in [-0.2, -0.15) is 0 Å². The fourth-order valence-electron chi connectivity index (χ4n) is 4.25. The first kappa shape index (κ1) is 22.8. The van der Waals surface area contributed by atoms with Crippen molar-refractivity contribution in [1.29, 1.82) is 0 Å². The van der Waals surface area contributed by atoms with Crippen LogP contribution < -0.4 is 15.8 Å². The second kappa shape index (κ2) is 8.52. The Morgan fingerprint density at radius 3 is 2.91 bits per heavy atom. The molecule has 1 fully saturated rings. The normalized spacial score (nSPS) is 26.0. The van der Waals surface area contributed by atoms with E-state index >= 15 is 4.39 Å². The molecule has 2 aromatic rings. The molecular weight excluding hydrogens is 444 g/mol. The van der Waals surface area contributed by atoms with Gasteiger partial charge in [0.1, 0.15) is 11.5 Å². The zero-order valence-corrected chi connectivity index (χ0v) is 19.0. The van der Waals surface area contributed by atoms with Crippen LogP contribution in [0.25, 0.3) is 11.9 Å². The van der Waals surface area contributed by atoms with Gasteiger partial charge in [0, 0.05) is 24.2 Å². The first-order valence-corrected chi connectivity index (χ1v) is 11.0. The first-order chi connectivity index (χ1) is 15.7. The van der Waals surface area contributed by atoms with E-state index in [-0.39, 0.29) is 28.8 Å². The molecule has 170 valence electrons.